The molecule has 0 aliphatic rings. The summed E-state index contributed by atoms with van der Waals surface area (Å²) in [7, 11) is 0. The summed E-state index contributed by atoms with van der Waals surface area (Å²) in [5, 5.41) is 14.4. The molecular weight excluding hydrogens is 735 g/mol. The monoisotopic (exact) mass is 785 g/mol. The predicted octanol–water partition coefficient (Wildman–Crippen LogP) is 14.9. The van der Waals surface area contributed by atoms with Gasteiger partial charge in [-0.25, -0.2) is 9.36 Å². The number of hydrogen-bond donors (Lipinski definition) is 0. The Morgan fingerprint density at radius 2 is 0.917 bits per heavy atom. The average molecular weight is 786 g/mol. The van der Waals surface area contributed by atoms with Gasteiger partial charge in [0.25, 0.3) is 0 Å². The van der Waals surface area contributed by atoms with Crippen LogP contribution in [0.2, 0.25) is 0 Å². The van der Waals surface area contributed by atoms with Gasteiger partial charge in [-0.3, -0.25) is 0 Å². The topological polar surface area (TPSA) is 53.7 Å². The fourth-order valence-electron chi connectivity index (χ4n) is 9.45. The number of benzene rings is 6. The van der Waals surface area contributed by atoms with Gasteiger partial charge in [0.15, 0.2) is 0 Å². The normalized spacial score (nSPS) is 12.3. The molecule has 0 unspecified atom stereocenters. The molecule has 298 valence electrons. The molecule has 0 aliphatic carbocycles. The molecule has 0 atom stereocenters. The minimum absolute atomic E-state index is 0.393. The van der Waals surface area contributed by atoms with Gasteiger partial charge in [-0.2, -0.15) is 10.2 Å². The molecule has 6 nitrogen and oxygen atoms in total. The zero-order valence-electron chi connectivity index (χ0n) is 35.7. The zero-order valence-corrected chi connectivity index (χ0v) is 35.7. The van der Waals surface area contributed by atoms with Gasteiger partial charge in [0, 0.05) is 50.8 Å². The van der Waals surface area contributed by atoms with Crippen molar-refractivity contribution in [1.29, 1.82) is 0 Å². The van der Waals surface area contributed by atoms with Crippen LogP contribution in [0.15, 0.2) is 144 Å². The Morgan fingerprint density at radius 1 is 0.433 bits per heavy atom. The highest BCUT2D eigenvalue weighted by molar-refractivity contribution is 6.27. The number of fused-ring (bicyclic) bond motifs is 7. The third-order valence-electron chi connectivity index (χ3n) is 12.4. The minimum Gasteiger partial charge on any atom is -0.456 e. The van der Waals surface area contributed by atoms with Crippen LogP contribution in [0.3, 0.4) is 0 Å². The van der Waals surface area contributed by atoms with Crippen LogP contribution in [0.1, 0.15) is 101 Å². The summed E-state index contributed by atoms with van der Waals surface area (Å²) in [6, 6.07) is 41.6. The van der Waals surface area contributed by atoms with Gasteiger partial charge < -0.3 is 8.98 Å². The van der Waals surface area contributed by atoms with Gasteiger partial charge in [-0.15, -0.1) is 0 Å². The first kappa shape index (κ1) is 37.6. The van der Waals surface area contributed by atoms with Crippen LogP contribution >= 0.6 is 0 Å². The van der Waals surface area contributed by atoms with Crippen LogP contribution in [-0.2, 0) is 0 Å². The first-order chi connectivity index (χ1) is 29.1. The van der Waals surface area contributed by atoms with Gasteiger partial charge in [0.2, 0.25) is 0 Å². The molecule has 6 aromatic carbocycles. The number of rotatable bonds is 9. The average Bonchev–Trinajstić information content (AvgIpc) is 4.07. The quantitative estimate of drug-likeness (QED) is 0.146. The largest absolute Gasteiger partial charge is 0.456 e. The lowest BCUT2D eigenvalue weighted by Crippen LogP contribution is -1.99. The first-order valence-electron chi connectivity index (χ1n) is 21.4. The van der Waals surface area contributed by atoms with E-state index in [1.807, 2.05) is 21.8 Å². The number of nitrogens with zero attached hydrogens (tertiary/aromatic N) is 5. The van der Waals surface area contributed by atoms with Gasteiger partial charge in [-0.1, -0.05) is 110 Å². The molecule has 0 amide bonds. The Kier molecular flexibility index (Phi) is 9.12. The summed E-state index contributed by atoms with van der Waals surface area (Å²) < 4.78 is 13.1. The molecular formula is C54H51N5O. The molecule has 10 rings (SSSR count). The summed E-state index contributed by atoms with van der Waals surface area (Å²) in [5.41, 5.74) is 17.3. The van der Waals surface area contributed by atoms with Crippen molar-refractivity contribution in [1.82, 2.24) is 24.1 Å². The highest BCUT2D eigenvalue weighted by Gasteiger charge is 2.22. The molecule has 0 N–H and O–H groups in total. The van der Waals surface area contributed by atoms with E-state index in [-0.39, 0.29) is 0 Å². The van der Waals surface area contributed by atoms with Crippen LogP contribution in [0.4, 0.5) is 0 Å². The van der Waals surface area contributed by atoms with E-state index in [0.29, 0.717) is 23.7 Å². The predicted molar refractivity (Wildman–Crippen MR) is 250 cm³/mol. The summed E-state index contributed by atoms with van der Waals surface area (Å²) in [5.74, 6) is 1.58. The van der Waals surface area contributed by atoms with Crippen LogP contribution in [0.25, 0.3) is 83.1 Å². The molecule has 4 heterocycles. The summed E-state index contributed by atoms with van der Waals surface area (Å²) in [6.07, 6.45) is 8.42. The molecule has 0 radical (unpaired) electrons. The molecule has 0 fully saturated rings. The fourth-order valence-corrected chi connectivity index (χ4v) is 9.45. The van der Waals surface area contributed by atoms with E-state index >= 15 is 0 Å². The van der Waals surface area contributed by atoms with E-state index in [4.69, 9.17) is 14.6 Å². The number of furan rings is 1. The molecule has 0 aliphatic heterocycles. The second-order valence-electron chi connectivity index (χ2n) is 17.6. The van der Waals surface area contributed by atoms with Crippen molar-refractivity contribution in [3.05, 3.63) is 162 Å². The van der Waals surface area contributed by atoms with Crippen LogP contribution in [0, 0.1) is 0 Å². The molecule has 0 spiro atoms. The van der Waals surface area contributed by atoms with Gasteiger partial charge in [0.1, 0.15) is 11.2 Å². The minimum atomic E-state index is 0.393. The Labute approximate surface area is 351 Å². The lowest BCUT2D eigenvalue weighted by Gasteiger charge is -2.18. The van der Waals surface area contributed by atoms with Crippen molar-refractivity contribution in [3.8, 4) is 39.3 Å². The van der Waals surface area contributed by atoms with Gasteiger partial charge in [0.05, 0.1) is 34.8 Å². The molecule has 0 saturated carbocycles. The summed E-state index contributed by atoms with van der Waals surface area (Å²) >= 11 is 0. The first-order valence-corrected chi connectivity index (χ1v) is 21.4. The van der Waals surface area contributed by atoms with E-state index in [1.54, 1.807) is 0 Å². The Morgan fingerprint density at radius 3 is 1.45 bits per heavy atom. The molecule has 4 aromatic heterocycles. The summed E-state index contributed by atoms with van der Waals surface area (Å²) in [4.78, 5) is 0. The van der Waals surface area contributed by atoms with Crippen molar-refractivity contribution < 1.29 is 4.42 Å². The standard InChI is InChI=1S/C54H51N5O/c1-32(2)41-16-12-17-42(33(3)4)51(41)36-28-55-57(30-36)39-20-22-47-45(26-39)53-48(59(47)38-14-10-9-11-15-38)23-25-50-54(53)46-27-40(21-24-49(46)60-50)58-31-37(29-56-58)52-43(34(5)6)18-13-19-44(52)35(7)8/h9-35H,1-8H3. The number of hydrogen-bond acceptors (Lipinski definition) is 3. The molecule has 60 heavy (non-hydrogen) atoms. The smallest absolute Gasteiger partial charge is 0.136 e. The highest BCUT2D eigenvalue weighted by Crippen LogP contribution is 2.43. The van der Waals surface area contributed by atoms with Crippen molar-refractivity contribution in [2.24, 2.45) is 0 Å². The molecule has 0 bridgehead atoms. The summed E-state index contributed by atoms with van der Waals surface area (Å²) in [6.45, 7) is 18.2. The Balaban J connectivity index is 1.17. The van der Waals surface area contributed by atoms with E-state index in [2.05, 4.69) is 188 Å². The van der Waals surface area contributed by atoms with Crippen LogP contribution in [-0.4, -0.2) is 24.1 Å². The van der Waals surface area contributed by atoms with Crippen LogP contribution < -0.4 is 0 Å². The SMILES string of the molecule is CC(C)c1cccc(C(C)C)c1-c1cnn(-c2ccc3oc4ccc5c(c6cc(-n7cc(-c8c(C(C)C)cccc8C(C)C)cn7)ccc6n5-c5ccccc5)c4c3c2)c1. The molecule has 6 heteroatoms. The Hall–Kier alpha value is -6.66. The fraction of sp³-hybridized carbons (Fsp3) is 0.222. The number of para-hydroxylation sites is 1. The second kappa shape index (κ2) is 14.6. The third kappa shape index (κ3) is 6.08. The maximum atomic E-state index is 6.65. The van der Waals surface area contributed by atoms with E-state index in [1.165, 1.54) is 33.4 Å². The van der Waals surface area contributed by atoms with Gasteiger partial charge in [-0.05, 0) is 118 Å². The second-order valence-corrected chi connectivity index (χ2v) is 17.6. The van der Waals surface area contributed by atoms with E-state index in [9.17, 15) is 0 Å². The van der Waals surface area contributed by atoms with E-state index in [0.717, 1.165) is 71.9 Å². The van der Waals surface area contributed by atoms with Gasteiger partial charge >= 0.3 is 0 Å². The van der Waals surface area contributed by atoms with Crippen molar-refractivity contribution >= 4 is 43.7 Å². The van der Waals surface area contributed by atoms with Crippen LogP contribution in [0.5, 0.6) is 0 Å². The Bertz CT molecular complexity index is 3170. The zero-order chi connectivity index (χ0) is 41.4. The number of aromatic nitrogens is 5. The van der Waals surface area contributed by atoms with Crippen molar-refractivity contribution in [2.75, 3.05) is 0 Å². The maximum absolute atomic E-state index is 6.65. The van der Waals surface area contributed by atoms with Crippen molar-refractivity contribution in [2.45, 2.75) is 79.1 Å². The van der Waals surface area contributed by atoms with Crippen molar-refractivity contribution in [3.63, 3.8) is 0 Å². The molecule has 0 saturated heterocycles. The lowest BCUT2D eigenvalue weighted by molar-refractivity contribution is 0.669. The van der Waals surface area contributed by atoms with E-state index < -0.39 is 0 Å². The highest BCUT2D eigenvalue weighted by atomic mass is 16.3. The lowest BCUT2D eigenvalue weighted by atomic mass is 9.86. The molecule has 10 aromatic rings. The third-order valence-corrected chi connectivity index (χ3v) is 12.4. The maximum Gasteiger partial charge on any atom is 0.136 e.